The van der Waals surface area contributed by atoms with Crippen molar-refractivity contribution in [2.75, 3.05) is 65.8 Å². The number of hydrogen-bond donors (Lipinski definition) is 1. The zero-order valence-electron chi connectivity index (χ0n) is 14.1. The van der Waals surface area contributed by atoms with Crippen molar-refractivity contribution >= 4 is 6.09 Å². The molecule has 1 aliphatic heterocycles. The molecule has 0 aromatic heterocycles. The van der Waals surface area contributed by atoms with E-state index in [1.54, 1.807) is 4.90 Å². The van der Waals surface area contributed by atoms with Crippen LogP contribution in [0.15, 0.2) is 0 Å². The summed E-state index contributed by atoms with van der Waals surface area (Å²) < 4.78 is 21.8. The van der Waals surface area contributed by atoms with E-state index in [2.05, 4.69) is 5.32 Å². The molecule has 1 heterocycles. The van der Waals surface area contributed by atoms with Crippen LogP contribution in [0.3, 0.4) is 0 Å². The van der Waals surface area contributed by atoms with Crippen molar-refractivity contribution in [2.24, 2.45) is 0 Å². The summed E-state index contributed by atoms with van der Waals surface area (Å²) in [6.45, 7) is 11.4. The molecule has 7 nitrogen and oxygen atoms in total. The van der Waals surface area contributed by atoms with Gasteiger partial charge < -0.3 is 29.2 Å². The highest BCUT2D eigenvalue weighted by atomic mass is 16.6. The summed E-state index contributed by atoms with van der Waals surface area (Å²) in [7, 11) is 0. The Labute approximate surface area is 133 Å². The maximum absolute atomic E-state index is 12.2. The van der Waals surface area contributed by atoms with Crippen LogP contribution in [0.25, 0.3) is 0 Å². The minimum absolute atomic E-state index is 0.335. The molecule has 0 radical (unpaired) electrons. The van der Waals surface area contributed by atoms with Gasteiger partial charge in [0, 0.05) is 26.2 Å². The van der Waals surface area contributed by atoms with Gasteiger partial charge in [0.1, 0.15) is 5.60 Å². The fourth-order valence-corrected chi connectivity index (χ4v) is 1.81. The first kappa shape index (κ1) is 19.2. The maximum Gasteiger partial charge on any atom is 0.410 e. The number of ether oxygens (including phenoxy) is 4. The standard InChI is InChI=1S/C15H30N2O5/c1-15(2,3)22-14(18)17-6-10-19-8-4-16-5-9-20-12-13-21-11-7-17/h16H,4-13H2,1-3H3. The molecule has 0 bridgehead atoms. The SMILES string of the molecule is CC(C)(C)OC(=O)N1CCOCCNCCOCCOCC1. The molecular formula is C15H30N2O5. The maximum atomic E-state index is 12.2. The quantitative estimate of drug-likeness (QED) is 0.715. The first-order valence-electron chi connectivity index (χ1n) is 7.91. The van der Waals surface area contributed by atoms with E-state index < -0.39 is 5.60 Å². The molecule has 0 aliphatic carbocycles. The smallest absolute Gasteiger partial charge is 0.410 e. The van der Waals surface area contributed by atoms with E-state index in [1.165, 1.54) is 0 Å². The lowest BCUT2D eigenvalue weighted by Crippen LogP contribution is -2.40. The number of carbonyl (C=O) groups is 1. The van der Waals surface area contributed by atoms with Gasteiger partial charge >= 0.3 is 6.09 Å². The molecule has 1 saturated heterocycles. The molecular weight excluding hydrogens is 288 g/mol. The van der Waals surface area contributed by atoms with Crippen molar-refractivity contribution in [3.63, 3.8) is 0 Å². The second-order valence-electron chi connectivity index (χ2n) is 6.05. The van der Waals surface area contributed by atoms with E-state index in [9.17, 15) is 4.79 Å². The zero-order valence-corrected chi connectivity index (χ0v) is 14.1. The van der Waals surface area contributed by atoms with Gasteiger partial charge in [0.25, 0.3) is 0 Å². The summed E-state index contributed by atoms with van der Waals surface area (Å²) in [6.07, 6.45) is -0.335. The van der Waals surface area contributed by atoms with Crippen molar-refractivity contribution in [1.29, 1.82) is 0 Å². The minimum atomic E-state index is -0.506. The van der Waals surface area contributed by atoms with Crippen LogP contribution in [-0.4, -0.2) is 82.4 Å². The van der Waals surface area contributed by atoms with Gasteiger partial charge in [-0.1, -0.05) is 0 Å². The molecule has 7 heteroatoms. The van der Waals surface area contributed by atoms with Gasteiger partial charge in [-0.2, -0.15) is 0 Å². The number of rotatable bonds is 0. The van der Waals surface area contributed by atoms with Crippen LogP contribution in [0.4, 0.5) is 4.79 Å². The topological polar surface area (TPSA) is 69.3 Å². The lowest BCUT2D eigenvalue weighted by molar-refractivity contribution is 0.00570. The highest BCUT2D eigenvalue weighted by Gasteiger charge is 2.21. The molecule has 0 aromatic carbocycles. The number of hydrogen-bond acceptors (Lipinski definition) is 6. The summed E-state index contributed by atoms with van der Waals surface area (Å²) in [5, 5.41) is 3.22. The van der Waals surface area contributed by atoms with Crippen molar-refractivity contribution in [2.45, 2.75) is 26.4 Å². The number of amides is 1. The molecule has 0 unspecified atom stereocenters. The summed E-state index contributed by atoms with van der Waals surface area (Å²) in [5.41, 5.74) is -0.506. The predicted molar refractivity (Wildman–Crippen MR) is 83.1 cm³/mol. The van der Waals surface area contributed by atoms with Crippen molar-refractivity contribution in [1.82, 2.24) is 10.2 Å². The lowest BCUT2D eigenvalue weighted by Gasteiger charge is -2.27. The van der Waals surface area contributed by atoms with E-state index in [4.69, 9.17) is 18.9 Å². The molecule has 22 heavy (non-hydrogen) atoms. The molecule has 1 amide bonds. The Balaban J connectivity index is 2.43. The average Bonchev–Trinajstić information content (AvgIpc) is 2.43. The van der Waals surface area contributed by atoms with E-state index in [1.807, 2.05) is 20.8 Å². The Kier molecular flexibility index (Phi) is 9.38. The summed E-state index contributed by atoms with van der Waals surface area (Å²) >= 11 is 0. The lowest BCUT2D eigenvalue weighted by atomic mass is 10.2. The number of nitrogens with one attached hydrogen (secondary N) is 1. The highest BCUT2D eigenvalue weighted by molar-refractivity contribution is 5.68. The van der Waals surface area contributed by atoms with Gasteiger partial charge in [0.05, 0.1) is 39.6 Å². The second kappa shape index (κ2) is 10.8. The monoisotopic (exact) mass is 318 g/mol. The molecule has 130 valence electrons. The van der Waals surface area contributed by atoms with E-state index in [0.717, 1.165) is 13.1 Å². The van der Waals surface area contributed by atoms with Crippen LogP contribution in [0.5, 0.6) is 0 Å². The predicted octanol–water partition coefficient (Wildman–Crippen LogP) is 0.877. The third kappa shape index (κ3) is 9.94. The van der Waals surface area contributed by atoms with Crippen molar-refractivity contribution in [3.8, 4) is 0 Å². The zero-order chi connectivity index (χ0) is 16.3. The van der Waals surface area contributed by atoms with Gasteiger partial charge in [-0.25, -0.2) is 4.79 Å². The van der Waals surface area contributed by atoms with Crippen LogP contribution >= 0.6 is 0 Å². The third-order valence-electron chi connectivity index (χ3n) is 2.88. The Morgan fingerprint density at radius 3 is 1.95 bits per heavy atom. The van der Waals surface area contributed by atoms with E-state index in [0.29, 0.717) is 52.7 Å². The Bertz CT molecular complexity index is 291. The fourth-order valence-electron chi connectivity index (χ4n) is 1.81. The van der Waals surface area contributed by atoms with Crippen molar-refractivity contribution in [3.05, 3.63) is 0 Å². The van der Waals surface area contributed by atoms with Crippen molar-refractivity contribution < 1.29 is 23.7 Å². The van der Waals surface area contributed by atoms with E-state index >= 15 is 0 Å². The minimum Gasteiger partial charge on any atom is -0.444 e. The first-order chi connectivity index (χ1) is 10.5. The Morgan fingerprint density at radius 2 is 1.41 bits per heavy atom. The third-order valence-corrected chi connectivity index (χ3v) is 2.88. The van der Waals surface area contributed by atoms with Gasteiger partial charge in [-0.15, -0.1) is 0 Å². The second-order valence-corrected chi connectivity index (χ2v) is 6.05. The fraction of sp³-hybridized carbons (Fsp3) is 0.933. The van der Waals surface area contributed by atoms with Crippen LogP contribution in [0.2, 0.25) is 0 Å². The normalized spacial score (nSPS) is 20.8. The molecule has 1 aliphatic rings. The molecule has 0 spiro atoms. The Hall–Kier alpha value is -0.890. The molecule has 1 fully saturated rings. The summed E-state index contributed by atoms with van der Waals surface area (Å²) in [6, 6.07) is 0. The van der Waals surface area contributed by atoms with Crippen LogP contribution in [0, 0.1) is 0 Å². The highest BCUT2D eigenvalue weighted by Crippen LogP contribution is 2.09. The number of carbonyl (C=O) groups excluding carboxylic acids is 1. The van der Waals surface area contributed by atoms with Gasteiger partial charge in [-0.3, -0.25) is 0 Å². The first-order valence-corrected chi connectivity index (χ1v) is 7.91. The largest absolute Gasteiger partial charge is 0.444 e. The summed E-state index contributed by atoms with van der Waals surface area (Å²) in [5.74, 6) is 0. The summed E-state index contributed by atoms with van der Waals surface area (Å²) in [4.78, 5) is 13.8. The van der Waals surface area contributed by atoms with Gasteiger partial charge in [0.15, 0.2) is 0 Å². The van der Waals surface area contributed by atoms with Crippen LogP contribution < -0.4 is 5.32 Å². The van der Waals surface area contributed by atoms with Gasteiger partial charge in [-0.05, 0) is 20.8 Å². The average molecular weight is 318 g/mol. The molecule has 0 atom stereocenters. The Morgan fingerprint density at radius 1 is 0.909 bits per heavy atom. The molecule has 1 N–H and O–H groups in total. The molecule has 1 rings (SSSR count). The molecule has 0 saturated carbocycles. The molecule has 0 aromatic rings. The number of nitrogens with zero attached hydrogens (tertiary/aromatic N) is 1. The van der Waals surface area contributed by atoms with Crippen LogP contribution in [-0.2, 0) is 18.9 Å². The van der Waals surface area contributed by atoms with Crippen LogP contribution in [0.1, 0.15) is 20.8 Å². The van der Waals surface area contributed by atoms with E-state index in [-0.39, 0.29) is 6.09 Å². The van der Waals surface area contributed by atoms with Gasteiger partial charge in [0.2, 0.25) is 0 Å².